The number of rotatable bonds is 3. The lowest BCUT2D eigenvalue weighted by Gasteiger charge is -2.33. The molecule has 1 amide bonds. The van der Waals surface area contributed by atoms with Gasteiger partial charge < -0.3 is 14.4 Å². The minimum atomic E-state index is -0.481. The van der Waals surface area contributed by atoms with Crippen LogP contribution in [0.1, 0.15) is 49.5 Å². The van der Waals surface area contributed by atoms with Gasteiger partial charge in [0.15, 0.2) is 6.29 Å². The highest BCUT2D eigenvalue weighted by atomic mass is 16.6. The topological polar surface area (TPSA) is 55.8 Å². The first-order valence-electron chi connectivity index (χ1n) is 7.99. The predicted octanol–water partition coefficient (Wildman–Crippen LogP) is 3.59. The molecule has 1 aromatic carbocycles. The van der Waals surface area contributed by atoms with Crippen molar-refractivity contribution in [1.82, 2.24) is 4.90 Å². The monoisotopic (exact) mass is 319 g/mol. The highest BCUT2D eigenvalue weighted by Crippen LogP contribution is 2.24. The molecule has 0 saturated carbocycles. The third-order valence-electron chi connectivity index (χ3n) is 3.68. The highest BCUT2D eigenvalue weighted by Gasteiger charge is 2.27. The number of aryl methyl sites for hydroxylation is 1. The first-order valence-corrected chi connectivity index (χ1v) is 7.99. The fourth-order valence-corrected chi connectivity index (χ4v) is 2.53. The normalized spacial score (nSPS) is 16.1. The van der Waals surface area contributed by atoms with Crippen LogP contribution in [-0.4, -0.2) is 42.1 Å². The predicted molar refractivity (Wildman–Crippen MR) is 88.0 cm³/mol. The number of hydrogen-bond acceptors (Lipinski definition) is 4. The number of likely N-dealkylation sites (tertiary alicyclic amines) is 1. The van der Waals surface area contributed by atoms with Crippen molar-refractivity contribution in [3.8, 4) is 5.75 Å². The van der Waals surface area contributed by atoms with E-state index in [1.165, 1.54) is 0 Å². The van der Waals surface area contributed by atoms with Gasteiger partial charge in [0.05, 0.1) is 5.56 Å². The number of carbonyl (C=O) groups excluding carboxylic acids is 2. The zero-order chi connectivity index (χ0) is 17.0. The summed E-state index contributed by atoms with van der Waals surface area (Å²) in [5.74, 6) is 0.612. The van der Waals surface area contributed by atoms with Gasteiger partial charge in [-0.3, -0.25) is 4.79 Å². The Hall–Kier alpha value is -2.04. The van der Waals surface area contributed by atoms with E-state index in [0.717, 1.165) is 24.7 Å². The molecule has 1 fully saturated rings. The minimum absolute atomic E-state index is 0.00935. The highest BCUT2D eigenvalue weighted by molar-refractivity contribution is 5.79. The molecular formula is C18H25NO4. The summed E-state index contributed by atoms with van der Waals surface area (Å²) in [5.41, 5.74) is 1.12. The summed E-state index contributed by atoms with van der Waals surface area (Å²) in [4.78, 5) is 24.9. The van der Waals surface area contributed by atoms with Gasteiger partial charge in [-0.05, 0) is 39.8 Å². The van der Waals surface area contributed by atoms with E-state index in [9.17, 15) is 9.59 Å². The fraction of sp³-hybridized carbons (Fsp3) is 0.556. The number of benzene rings is 1. The van der Waals surface area contributed by atoms with Crippen molar-refractivity contribution in [2.45, 2.75) is 52.2 Å². The molecule has 0 bridgehead atoms. The van der Waals surface area contributed by atoms with Crippen LogP contribution in [-0.2, 0) is 4.74 Å². The second-order valence-corrected chi connectivity index (χ2v) is 6.94. The quantitative estimate of drug-likeness (QED) is 0.799. The van der Waals surface area contributed by atoms with E-state index in [4.69, 9.17) is 9.47 Å². The van der Waals surface area contributed by atoms with Crippen molar-refractivity contribution in [2.75, 3.05) is 13.1 Å². The number of hydrogen-bond donors (Lipinski definition) is 0. The van der Waals surface area contributed by atoms with Gasteiger partial charge >= 0.3 is 6.09 Å². The van der Waals surface area contributed by atoms with E-state index in [1.807, 2.05) is 45.9 Å². The van der Waals surface area contributed by atoms with Crippen LogP contribution in [0.25, 0.3) is 0 Å². The molecule has 0 unspecified atom stereocenters. The standard InChI is InChI=1S/C18H25NO4/c1-13-5-6-16(14(11-13)12-20)22-15-7-9-19(10-8-15)17(21)23-18(2,3)4/h5-6,11-12,15H,7-10H2,1-4H3. The number of carbonyl (C=O) groups is 2. The summed E-state index contributed by atoms with van der Waals surface area (Å²) in [6.45, 7) is 8.72. The Kier molecular flexibility index (Phi) is 5.29. The molecule has 0 N–H and O–H groups in total. The first-order chi connectivity index (χ1) is 10.8. The second kappa shape index (κ2) is 7.02. The molecule has 1 aliphatic heterocycles. The number of nitrogens with zero attached hydrogens (tertiary/aromatic N) is 1. The molecule has 2 rings (SSSR count). The summed E-state index contributed by atoms with van der Waals surface area (Å²) in [5, 5.41) is 0. The Morgan fingerprint density at radius 2 is 1.91 bits per heavy atom. The number of ether oxygens (including phenoxy) is 2. The van der Waals surface area contributed by atoms with Gasteiger partial charge in [0.1, 0.15) is 17.5 Å². The van der Waals surface area contributed by atoms with Crippen molar-refractivity contribution < 1.29 is 19.1 Å². The summed E-state index contributed by atoms with van der Waals surface area (Å²) in [6.07, 6.45) is 2.00. The largest absolute Gasteiger partial charge is 0.490 e. The molecule has 1 heterocycles. The van der Waals surface area contributed by atoms with Gasteiger partial charge in [0.25, 0.3) is 0 Å². The average molecular weight is 319 g/mol. The maximum atomic E-state index is 12.0. The zero-order valence-electron chi connectivity index (χ0n) is 14.3. The summed E-state index contributed by atoms with van der Waals surface area (Å²) in [7, 11) is 0. The Morgan fingerprint density at radius 3 is 2.48 bits per heavy atom. The van der Waals surface area contributed by atoms with Gasteiger partial charge in [-0.2, -0.15) is 0 Å². The summed E-state index contributed by atoms with van der Waals surface area (Å²) < 4.78 is 11.3. The Morgan fingerprint density at radius 1 is 1.26 bits per heavy atom. The van der Waals surface area contributed by atoms with Gasteiger partial charge in [0.2, 0.25) is 0 Å². The van der Waals surface area contributed by atoms with Gasteiger partial charge in [-0.25, -0.2) is 4.79 Å². The van der Waals surface area contributed by atoms with Crippen LogP contribution in [0.3, 0.4) is 0 Å². The molecule has 5 nitrogen and oxygen atoms in total. The van der Waals surface area contributed by atoms with Gasteiger partial charge in [-0.15, -0.1) is 0 Å². The molecule has 1 aliphatic rings. The summed E-state index contributed by atoms with van der Waals surface area (Å²) >= 11 is 0. The Labute approximate surface area is 137 Å². The lowest BCUT2D eigenvalue weighted by molar-refractivity contribution is 0.0126. The first kappa shape index (κ1) is 17.3. The van der Waals surface area contributed by atoms with Crippen LogP contribution in [0, 0.1) is 6.92 Å². The van der Waals surface area contributed by atoms with E-state index in [0.29, 0.717) is 24.4 Å². The number of aldehydes is 1. The molecule has 23 heavy (non-hydrogen) atoms. The molecule has 1 aromatic rings. The fourth-order valence-electron chi connectivity index (χ4n) is 2.53. The van der Waals surface area contributed by atoms with Crippen molar-refractivity contribution in [1.29, 1.82) is 0 Å². The molecule has 126 valence electrons. The molecule has 0 atom stereocenters. The van der Waals surface area contributed by atoms with E-state index < -0.39 is 5.60 Å². The van der Waals surface area contributed by atoms with Crippen LogP contribution in [0.2, 0.25) is 0 Å². The van der Waals surface area contributed by atoms with E-state index >= 15 is 0 Å². The summed E-state index contributed by atoms with van der Waals surface area (Å²) in [6, 6.07) is 5.58. The molecule has 1 saturated heterocycles. The van der Waals surface area contributed by atoms with Crippen molar-refractivity contribution in [3.63, 3.8) is 0 Å². The lowest BCUT2D eigenvalue weighted by Crippen LogP contribution is -2.44. The third kappa shape index (κ3) is 4.98. The van der Waals surface area contributed by atoms with Gasteiger partial charge in [-0.1, -0.05) is 11.6 Å². The van der Waals surface area contributed by atoms with Crippen LogP contribution in [0.15, 0.2) is 18.2 Å². The maximum Gasteiger partial charge on any atom is 0.410 e. The van der Waals surface area contributed by atoms with E-state index in [2.05, 4.69) is 0 Å². The second-order valence-electron chi connectivity index (χ2n) is 6.94. The lowest BCUT2D eigenvalue weighted by atomic mass is 10.1. The number of piperidine rings is 1. The van der Waals surface area contributed by atoms with Crippen LogP contribution in [0.5, 0.6) is 5.75 Å². The van der Waals surface area contributed by atoms with Crippen LogP contribution < -0.4 is 4.74 Å². The van der Waals surface area contributed by atoms with Crippen molar-refractivity contribution in [2.24, 2.45) is 0 Å². The smallest absolute Gasteiger partial charge is 0.410 e. The molecule has 0 aliphatic carbocycles. The third-order valence-corrected chi connectivity index (χ3v) is 3.68. The van der Waals surface area contributed by atoms with Gasteiger partial charge in [0, 0.05) is 25.9 Å². The van der Waals surface area contributed by atoms with Crippen molar-refractivity contribution >= 4 is 12.4 Å². The number of amides is 1. The zero-order valence-corrected chi connectivity index (χ0v) is 14.3. The SMILES string of the molecule is Cc1ccc(OC2CCN(C(=O)OC(C)(C)C)CC2)c(C=O)c1. The molecular weight excluding hydrogens is 294 g/mol. The van der Waals surface area contributed by atoms with E-state index in [-0.39, 0.29) is 12.2 Å². The van der Waals surface area contributed by atoms with Crippen molar-refractivity contribution in [3.05, 3.63) is 29.3 Å². The minimum Gasteiger partial charge on any atom is -0.490 e. The Balaban J connectivity index is 1.90. The van der Waals surface area contributed by atoms with Crippen LogP contribution >= 0.6 is 0 Å². The Bertz CT molecular complexity index is 569. The molecule has 0 radical (unpaired) electrons. The molecule has 0 aromatic heterocycles. The molecule has 5 heteroatoms. The van der Waals surface area contributed by atoms with Crippen LogP contribution in [0.4, 0.5) is 4.79 Å². The van der Waals surface area contributed by atoms with E-state index in [1.54, 1.807) is 4.90 Å². The molecule has 0 spiro atoms. The average Bonchev–Trinajstić information content (AvgIpc) is 2.48. The maximum absolute atomic E-state index is 12.0.